The maximum Gasteiger partial charge on any atom is 0.317 e. The van der Waals surface area contributed by atoms with Crippen LogP contribution in [-0.4, -0.2) is 36.1 Å². The lowest BCUT2D eigenvalue weighted by atomic mass is 10.1. The molecule has 2 rings (SSSR count). The Balaban J connectivity index is 1.77. The summed E-state index contributed by atoms with van der Waals surface area (Å²) in [6.45, 7) is 5.56. The topological polar surface area (TPSA) is 45.2 Å². The first-order valence-corrected chi connectivity index (χ1v) is 8.75. The van der Waals surface area contributed by atoms with Gasteiger partial charge in [-0.1, -0.05) is 19.9 Å². The predicted octanol–water partition coefficient (Wildman–Crippen LogP) is 3.75. The van der Waals surface area contributed by atoms with Crippen molar-refractivity contribution in [1.29, 1.82) is 0 Å². The van der Waals surface area contributed by atoms with Gasteiger partial charge in [0.15, 0.2) is 0 Å². The number of hydrogen-bond donors (Lipinski definition) is 1. The number of likely N-dealkylation sites (N-methyl/N-ethyl adjacent to an activating group) is 1. The van der Waals surface area contributed by atoms with Crippen molar-refractivity contribution in [3.05, 3.63) is 39.0 Å². The molecule has 0 fully saturated rings. The molecule has 4 nitrogen and oxygen atoms in total. The Kier molecular flexibility index (Phi) is 5.76. The zero-order valence-electron chi connectivity index (χ0n) is 12.6. The van der Waals surface area contributed by atoms with E-state index < -0.39 is 0 Å². The van der Waals surface area contributed by atoms with Crippen LogP contribution in [0.3, 0.4) is 0 Å². The van der Waals surface area contributed by atoms with Gasteiger partial charge < -0.3 is 10.2 Å². The Morgan fingerprint density at radius 1 is 1.33 bits per heavy atom. The summed E-state index contributed by atoms with van der Waals surface area (Å²) in [5.41, 5.74) is 0. The fourth-order valence-electron chi connectivity index (χ4n) is 2.10. The van der Waals surface area contributed by atoms with Gasteiger partial charge in [-0.05, 0) is 11.4 Å². The number of thiazole rings is 1. The maximum absolute atomic E-state index is 12.1. The number of nitrogens with zero attached hydrogens (tertiary/aromatic N) is 2. The van der Waals surface area contributed by atoms with Crippen LogP contribution in [0.25, 0.3) is 0 Å². The van der Waals surface area contributed by atoms with Crippen molar-refractivity contribution in [3.8, 4) is 0 Å². The number of carbonyl (C=O) groups is 1. The van der Waals surface area contributed by atoms with E-state index in [-0.39, 0.29) is 11.9 Å². The number of nitrogens with one attached hydrogen (secondary N) is 1. The van der Waals surface area contributed by atoms with Crippen molar-refractivity contribution in [2.24, 2.45) is 0 Å². The summed E-state index contributed by atoms with van der Waals surface area (Å²) in [7, 11) is 1.83. The molecule has 0 bridgehead atoms. The third-order valence-corrected chi connectivity index (χ3v) is 5.47. The van der Waals surface area contributed by atoms with Gasteiger partial charge in [-0.3, -0.25) is 0 Å². The Labute approximate surface area is 133 Å². The molecule has 21 heavy (non-hydrogen) atoms. The summed E-state index contributed by atoms with van der Waals surface area (Å²) in [6.07, 6.45) is 1.80. The molecule has 2 heterocycles. The van der Waals surface area contributed by atoms with Gasteiger partial charge in [0, 0.05) is 48.4 Å². The van der Waals surface area contributed by atoms with E-state index >= 15 is 0 Å². The molecule has 0 spiro atoms. The van der Waals surface area contributed by atoms with Gasteiger partial charge in [-0.25, -0.2) is 9.78 Å². The highest BCUT2D eigenvalue weighted by atomic mass is 32.1. The van der Waals surface area contributed by atoms with E-state index in [1.807, 2.05) is 18.5 Å². The molecule has 1 N–H and O–H groups in total. The van der Waals surface area contributed by atoms with Crippen LogP contribution in [0.2, 0.25) is 0 Å². The van der Waals surface area contributed by atoms with Crippen LogP contribution in [0, 0.1) is 0 Å². The minimum atomic E-state index is -0.0261. The van der Waals surface area contributed by atoms with Gasteiger partial charge in [0.05, 0.1) is 5.01 Å². The predicted molar refractivity (Wildman–Crippen MR) is 89.3 cm³/mol. The van der Waals surface area contributed by atoms with Gasteiger partial charge in [0.2, 0.25) is 0 Å². The van der Waals surface area contributed by atoms with E-state index in [2.05, 4.69) is 35.6 Å². The van der Waals surface area contributed by atoms with Gasteiger partial charge in [0.1, 0.15) is 0 Å². The lowest BCUT2D eigenvalue weighted by Gasteiger charge is -2.22. The average Bonchev–Trinajstić information content (AvgIpc) is 3.15. The fraction of sp³-hybridized carbons (Fsp3) is 0.467. The minimum Gasteiger partial charge on any atom is -0.337 e. The number of hydrogen-bond acceptors (Lipinski definition) is 4. The molecule has 0 radical (unpaired) electrons. The van der Waals surface area contributed by atoms with Gasteiger partial charge in [-0.15, -0.1) is 22.7 Å². The molecule has 2 atom stereocenters. The van der Waals surface area contributed by atoms with Crippen molar-refractivity contribution in [3.63, 3.8) is 0 Å². The lowest BCUT2D eigenvalue weighted by Crippen LogP contribution is -2.40. The molecule has 0 aliphatic rings. The summed E-state index contributed by atoms with van der Waals surface area (Å²) in [5, 5.41) is 8.10. The molecule has 0 aliphatic carbocycles. The number of thiophene rings is 1. The minimum absolute atomic E-state index is 0.0261. The monoisotopic (exact) mass is 323 g/mol. The standard InChI is InChI=1S/C15H21N3OS2/c1-11(13-5-4-7-20-13)9-17-15(19)18(3)10-12(2)14-16-6-8-21-14/h4-8,11-12H,9-10H2,1-3H3,(H,17,19). The molecule has 114 valence electrons. The quantitative estimate of drug-likeness (QED) is 0.880. The number of urea groups is 1. The molecule has 2 amide bonds. The first-order chi connectivity index (χ1) is 10.1. The molecule has 2 unspecified atom stereocenters. The normalized spacial score (nSPS) is 13.7. The fourth-order valence-corrected chi connectivity index (χ4v) is 3.57. The lowest BCUT2D eigenvalue weighted by molar-refractivity contribution is 0.206. The van der Waals surface area contributed by atoms with Crippen molar-refractivity contribution >= 4 is 28.7 Å². The SMILES string of the molecule is CC(CNC(=O)N(C)CC(C)c1nccs1)c1cccs1. The Morgan fingerprint density at radius 2 is 2.14 bits per heavy atom. The summed E-state index contributed by atoms with van der Waals surface area (Å²) < 4.78 is 0. The molecular weight excluding hydrogens is 302 g/mol. The van der Waals surface area contributed by atoms with Crippen LogP contribution in [0.4, 0.5) is 4.79 Å². The first kappa shape index (κ1) is 16.0. The summed E-state index contributed by atoms with van der Waals surface area (Å²) in [5.74, 6) is 0.606. The van der Waals surface area contributed by atoms with Crippen molar-refractivity contribution in [2.45, 2.75) is 25.7 Å². The summed E-state index contributed by atoms with van der Waals surface area (Å²) in [4.78, 5) is 19.5. The molecule has 0 aromatic carbocycles. The highest BCUT2D eigenvalue weighted by Gasteiger charge is 2.16. The first-order valence-electron chi connectivity index (χ1n) is 6.99. The van der Waals surface area contributed by atoms with E-state index in [0.29, 0.717) is 19.0 Å². The van der Waals surface area contributed by atoms with Crippen molar-refractivity contribution in [1.82, 2.24) is 15.2 Å². The maximum atomic E-state index is 12.1. The number of rotatable bonds is 6. The zero-order valence-corrected chi connectivity index (χ0v) is 14.2. The molecule has 6 heteroatoms. The van der Waals surface area contributed by atoms with Crippen molar-refractivity contribution in [2.75, 3.05) is 20.1 Å². The van der Waals surface area contributed by atoms with Gasteiger partial charge >= 0.3 is 6.03 Å². The molecule has 2 aromatic heterocycles. The van der Waals surface area contributed by atoms with E-state index in [9.17, 15) is 4.79 Å². The Hall–Kier alpha value is -1.40. The van der Waals surface area contributed by atoms with Crippen LogP contribution in [-0.2, 0) is 0 Å². The van der Waals surface area contributed by atoms with Crippen LogP contribution >= 0.6 is 22.7 Å². The van der Waals surface area contributed by atoms with Gasteiger partial charge in [-0.2, -0.15) is 0 Å². The largest absolute Gasteiger partial charge is 0.337 e. The van der Waals surface area contributed by atoms with E-state index in [1.54, 1.807) is 33.8 Å². The smallest absolute Gasteiger partial charge is 0.317 e. The van der Waals surface area contributed by atoms with E-state index in [1.165, 1.54) is 4.88 Å². The van der Waals surface area contributed by atoms with Crippen LogP contribution < -0.4 is 5.32 Å². The molecule has 0 saturated carbocycles. The zero-order chi connectivity index (χ0) is 15.2. The third kappa shape index (κ3) is 4.54. The van der Waals surface area contributed by atoms with Crippen molar-refractivity contribution < 1.29 is 4.79 Å². The van der Waals surface area contributed by atoms with Crippen LogP contribution in [0.5, 0.6) is 0 Å². The average molecular weight is 323 g/mol. The van der Waals surface area contributed by atoms with E-state index in [4.69, 9.17) is 0 Å². The van der Waals surface area contributed by atoms with Gasteiger partial charge in [0.25, 0.3) is 0 Å². The van der Waals surface area contributed by atoms with E-state index in [0.717, 1.165) is 5.01 Å². The molecular formula is C15H21N3OS2. The number of carbonyl (C=O) groups excluding carboxylic acids is 1. The number of aromatic nitrogens is 1. The third-order valence-electron chi connectivity index (χ3n) is 3.36. The Bertz CT molecular complexity index is 539. The molecule has 0 aliphatic heterocycles. The Morgan fingerprint density at radius 3 is 2.76 bits per heavy atom. The van der Waals surface area contributed by atoms with Crippen LogP contribution in [0.1, 0.15) is 35.6 Å². The van der Waals surface area contributed by atoms with Crippen LogP contribution in [0.15, 0.2) is 29.1 Å². The summed E-state index contributed by atoms with van der Waals surface area (Å²) >= 11 is 3.36. The summed E-state index contributed by atoms with van der Waals surface area (Å²) in [6, 6.07) is 4.12. The number of amides is 2. The molecule has 0 saturated heterocycles. The second-order valence-corrected chi connectivity index (χ2v) is 7.16. The highest BCUT2D eigenvalue weighted by molar-refractivity contribution is 7.10. The second kappa shape index (κ2) is 7.56. The highest BCUT2D eigenvalue weighted by Crippen LogP contribution is 2.20. The molecule has 2 aromatic rings. The second-order valence-electron chi connectivity index (χ2n) is 5.25.